The number of carbonyl (C=O) groups excluding carboxylic acids is 2. The minimum absolute atomic E-state index is 0.133. The molecular weight excluding hydrogens is 358 g/mol. The number of nitrogens with zero attached hydrogens (tertiary/aromatic N) is 1. The molecule has 138 valence electrons. The Balaban J connectivity index is 1.84. The van der Waals surface area contributed by atoms with Crippen molar-refractivity contribution in [2.24, 2.45) is 5.73 Å². The molecule has 2 aliphatic heterocycles. The van der Waals surface area contributed by atoms with Crippen LogP contribution in [0.3, 0.4) is 0 Å². The van der Waals surface area contributed by atoms with E-state index in [4.69, 9.17) is 5.73 Å². The number of hydrogen-bond donors (Lipinski definition) is 2. The number of benzene rings is 2. The van der Waals surface area contributed by atoms with Crippen molar-refractivity contribution >= 4 is 34.7 Å². The second-order valence-corrected chi connectivity index (χ2v) is 7.82. The van der Waals surface area contributed by atoms with E-state index in [1.165, 1.54) is 0 Å². The molecule has 0 radical (unpaired) electrons. The number of nitrogens with one attached hydrogen (secondary N) is 1. The predicted octanol–water partition coefficient (Wildman–Crippen LogP) is 3.61. The molecular formula is C21H21N3O2S. The molecule has 2 amide bonds. The van der Waals surface area contributed by atoms with Crippen LogP contribution >= 0.6 is 11.8 Å². The molecule has 0 spiro atoms. The van der Waals surface area contributed by atoms with Crippen LogP contribution in [-0.2, 0) is 4.79 Å². The molecule has 0 aromatic heterocycles. The number of anilines is 1. The molecule has 2 aromatic rings. The van der Waals surface area contributed by atoms with Crippen molar-refractivity contribution in [2.75, 3.05) is 18.0 Å². The first-order chi connectivity index (χ1) is 13.1. The molecule has 4 rings (SSSR count). The Labute approximate surface area is 162 Å². The maximum Gasteiger partial charge on any atom is 0.290 e. The molecule has 2 heterocycles. The molecule has 1 atom stereocenters. The van der Waals surface area contributed by atoms with Crippen LogP contribution < -0.4 is 16.0 Å². The van der Waals surface area contributed by atoms with E-state index in [1.54, 1.807) is 0 Å². The molecule has 6 heteroatoms. The lowest BCUT2D eigenvalue weighted by Crippen LogP contribution is -2.43. The smallest absolute Gasteiger partial charge is 0.290 e. The van der Waals surface area contributed by atoms with Gasteiger partial charge in [0, 0.05) is 24.7 Å². The fraction of sp³-hybridized carbons (Fsp3) is 0.238. The van der Waals surface area contributed by atoms with Crippen molar-refractivity contribution in [2.45, 2.75) is 18.9 Å². The largest absolute Gasteiger partial charge is 0.369 e. The van der Waals surface area contributed by atoms with Gasteiger partial charge in [-0.3, -0.25) is 14.9 Å². The van der Waals surface area contributed by atoms with Crippen molar-refractivity contribution in [1.29, 1.82) is 0 Å². The average molecular weight is 379 g/mol. The third kappa shape index (κ3) is 3.77. The zero-order valence-corrected chi connectivity index (χ0v) is 15.7. The van der Waals surface area contributed by atoms with Crippen LogP contribution in [0.4, 0.5) is 10.5 Å². The maximum absolute atomic E-state index is 12.0. The van der Waals surface area contributed by atoms with Crippen molar-refractivity contribution in [3.8, 4) is 11.1 Å². The Hall–Kier alpha value is -2.57. The lowest BCUT2D eigenvalue weighted by molar-refractivity contribution is -0.115. The highest BCUT2D eigenvalue weighted by Crippen LogP contribution is 2.38. The van der Waals surface area contributed by atoms with Gasteiger partial charge in [0.1, 0.15) is 0 Å². The molecule has 0 saturated carbocycles. The van der Waals surface area contributed by atoms with E-state index in [0.717, 1.165) is 60.1 Å². The molecule has 0 aliphatic carbocycles. The number of hydrogen-bond acceptors (Lipinski definition) is 5. The average Bonchev–Trinajstić information content (AvgIpc) is 2.99. The van der Waals surface area contributed by atoms with Gasteiger partial charge in [0.2, 0.25) is 0 Å². The topological polar surface area (TPSA) is 75.4 Å². The zero-order chi connectivity index (χ0) is 18.8. The lowest BCUT2D eigenvalue weighted by atomic mass is 9.96. The number of rotatable bonds is 3. The molecule has 3 N–H and O–H groups in total. The zero-order valence-electron chi connectivity index (χ0n) is 14.9. The Morgan fingerprint density at radius 1 is 1.11 bits per heavy atom. The summed E-state index contributed by atoms with van der Waals surface area (Å²) in [6, 6.07) is 16.4. The Bertz CT molecular complexity index is 911. The summed E-state index contributed by atoms with van der Waals surface area (Å²) >= 11 is 0.944. The van der Waals surface area contributed by atoms with Crippen LogP contribution in [0.2, 0.25) is 0 Å². The van der Waals surface area contributed by atoms with Gasteiger partial charge >= 0.3 is 0 Å². The van der Waals surface area contributed by atoms with Crippen molar-refractivity contribution in [3.05, 3.63) is 59.0 Å². The van der Waals surface area contributed by atoms with Crippen molar-refractivity contribution < 1.29 is 9.59 Å². The van der Waals surface area contributed by atoms with E-state index in [1.807, 2.05) is 36.4 Å². The lowest BCUT2D eigenvalue weighted by Gasteiger charge is -2.35. The summed E-state index contributed by atoms with van der Waals surface area (Å²) in [7, 11) is 0. The minimum Gasteiger partial charge on any atom is -0.369 e. The Kier molecular flexibility index (Phi) is 5.01. The van der Waals surface area contributed by atoms with E-state index in [-0.39, 0.29) is 17.2 Å². The van der Waals surface area contributed by atoms with Crippen molar-refractivity contribution in [3.63, 3.8) is 0 Å². The monoisotopic (exact) mass is 379 g/mol. The summed E-state index contributed by atoms with van der Waals surface area (Å²) in [6.45, 7) is 1.70. The molecule has 2 aromatic carbocycles. The first-order valence-electron chi connectivity index (χ1n) is 9.05. The number of thioether (sulfide) groups is 1. The summed E-state index contributed by atoms with van der Waals surface area (Å²) in [5.41, 5.74) is 10.5. The van der Waals surface area contributed by atoms with Gasteiger partial charge in [0.15, 0.2) is 0 Å². The van der Waals surface area contributed by atoms with Gasteiger partial charge in [-0.15, -0.1) is 0 Å². The predicted molar refractivity (Wildman–Crippen MR) is 110 cm³/mol. The highest BCUT2D eigenvalue weighted by atomic mass is 32.2. The normalized spacial score (nSPS) is 21.6. The van der Waals surface area contributed by atoms with Crippen LogP contribution in [0.1, 0.15) is 18.4 Å². The van der Waals surface area contributed by atoms with E-state index in [2.05, 4.69) is 28.4 Å². The summed E-state index contributed by atoms with van der Waals surface area (Å²) in [4.78, 5) is 26.3. The highest BCUT2D eigenvalue weighted by Gasteiger charge is 2.27. The Morgan fingerprint density at radius 2 is 1.93 bits per heavy atom. The van der Waals surface area contributed by atoms with Crippen LogP contribution in [0.25, 0.3) is 17.2 Å². The van der Waals surface area contributed by atoms with E-state index in [0.29, 0.717) is 4.91 Å². The van der Waals surface area contributed by atoms with Crippen LogP contribution in [-0.4, -0.2) is 30.3 Å². The molecule has 2 aliphatic rings. The van der Waals surface area contributed by atoms with Gasteiger partial charge < -0.3 is 10.6 Å². The summed E-state index contributed by atoms with van der Waals surface area (Å²) < 4.78 is 0. The number of amides is 2. The van der Waals surface area contributed by atoms with E-state index in [9.17, 15) is 9.59 Å². The standard InChI is InChI=1S/C21H21N3O2S/c22-16-9-5-11-24(13-16)19-15(12-18-20(25)23-21(26)27-18)8-4-10-17(19)14-6-2-1-3-7-14/h1-4,6-8,10,12,16H,5,9,11,13,22H2,(H,23,25,26)/b18-12-/t16-/m0/s1. The molecule has 2 saturated heterocycles. The second-order valence-electron chi connectivity index (χ2n) is 6.81. The van der Waals surface area contributed by atoms with Gasteiger partial charge in [0.25, 0.3) is 11.1 Å². The molecule has 0 unspecified atom stereocenters. The number of nitrogens with two attached hydrogens (primary N) is 1. The maximum atomic E-state index is 12.0. The van der Waals surface area contributed by atoms with Gasteiger partial charge in [0.05, 0.1) is 10.6 Å². The van der Waals surface area contributed by atoms with Gasteiger partial charge in [-0.25, -0.2) is 0 Å². The van der Waals surface area contributed by atoms with E-state index < -0.39 is 0 Å². The number of piperidine rings is 1. The SMILES string of the molecule is N[C@H]1CCCN(c2c(/C=C3\SC(=O)NC3=O)cccc2-c2ccccc2)C1. The first-order valence-corrected chi connectivity index (χ1v) is 9.87. The Morgan fingerprint density at radius 3 is 2.63 bits per heavy atom. The van der Waals surface area contributed by atoms with E-state index >= 15 is 0 Å². The fourth-order valence-corrected chi connectivity index (χ4v) is 4.33. The van der Waals surface area contributed by atoms with Crippen LogP contribution in [0, 0.1) is 0 Å². The summed E-state index contributed by atoms with van der Waals surface area (Å²) in [6.07, 6.45) is 3.87. The van der Waals surface area contributed by atoms with Crippen molar-refractivity contribution in [1.82, 2.24) is 5.32 Å². The van der Waals surface area contributed by atoms with Gasteiger partial charge in [-0.1, -0.05) is 48.5 Å². The second kappa shape index (κ2) is 7.58. The van der Waals surface area contributed by atoms with Crippen LogP contribution in [0.15, 0.2) is 53.4 Å². The van der Waals surface area contributed by atoms with Crippen LogP contribution in [0.5, 0.6) is 0 Å². The third-order valence-corrected chi connectivity index (χ3v) is 5.67. The minimum atomic E-state index is -0.337. The quantitative estimate of drug-likeness (QED) is 0.797. The first kappa shape index (κ1) is 17.8. The third-order valence-electron chi connectivity index (χ3n) is 4.85. The highest BCUT2D eigenvalue weighted by molar-refractivity contribution is 8.18. The summed E-state index contributed by atoms with van der Waals surface area (Å²) in [5.74, 6) is -0.337. The molecule has 0 bridgehead atoms. The molecule has 5 nitrogen and oxygen atoms in total. The number of imide groups is 1. The number of para-hydroxylation sites is 1. The molecule has 2 fully saturated rings. The molecule has 27 heavy (non-hydrogen) atoms. The summed E-state index contributed by atoms with van der Waals surface area (Å²) in [5, 5.41) is 2.00. The fourth-order valence-electron chi connectivity index (χ4n) is 3.66. The number of carbonyl (C=O) groups is 2. The van der Waals surface area contributed by atoms with Gasteiger partial charge in [-0.05, 0) is 41.8 Å². The van der Waals surface area contributed by atoms with Gasteiger partial charge in [-0.2, -0.15) is 0 Å².